The van der Waals surface area contributed by atoms with Crippen LogP contribution in [0.1, 0.15) is 59.8 Å². The summed E-state index contributed by atoms with van der Waals surface area (Å²) in [6.07, 6.45) is 3.10. The first-order valence-corrected chi connectivity index (χ1v) is 13.3. The average molecular weight is 554 g/mol. The van der Waals surface area contributed by atoms with Crippen LogP contribution in [0.3, 0.4) is 0 Å². The second-order valence-corrected chi connectivity index (χ2v) is 10.00. The van der Waals surface area contributed by atoms with Gasteiger partial charge in [0.05, 0.1) is 12.3 Å². The first-order chi connectivity index (χ1) is 18.4. The van der Waals surface area contributed by atoms with Crippen LogP contribution in [-0.2, 0) is 17.6 Å². The SMILES string of the molecule is CCc1nn2c(C)cc(C)nc2c1Cc1ccc(-c2nnc(C3CCN(C(=O)C(CO)NC)CC3)o2)cc1.Cl. The molecule has 2 N–H and O–H groups in total. The first-order valence-electron chi connectivity index (χ1n) is 13.3. The van der Waals surface area contributed by atoms with Gasteiger partial charge in [0.1, 0.15) is 6.04 Å². The molecule has 208 valence electrons. The van der Waals surface area contributed by atoms with Crippen molar-refractivity contribution in [1.82, 2.24) is 35.0 Å². The molecule has 1 amide bonds. The fourth-order valence-corrected chi connectivity index (χ4v) is 5.22. The summed E-state index contributed by atoms with van der Waals surface area (Å²) in [6, 6.07) is 9.71. The van der Waals surface area contributed by atoms with Crippen LogP contribution in [0, 0.1) is 13.8 Å². The number of carbonyl (C=O) groups excluding carboxylic acids is 1. The lowest BCUT2D eigenvalue weighted by Crippen LogP contribution is -2.49. The molecule has 0 saturated carbocycles. The molecular weight excluding hydrogens is 518 g/mol. The van der Waals surface area contributed by atoms with Gasteiger partial charge in [0.15, 0.2) is 5.65 Å². The van der Waals surface area contributed by atoms with E-state index < -0.39 is 6.04 Å². The molecular formula is C28H36ClN7O3. The molecule has 3 aromatic heterocycles. The van der Waals surface area contributed by atoms with Crippen molar-refractivity contribution in [2.75, 3.05) is 26.7 Å². The number of hydrogen-bond donors (Lipinski definition) is 2. The molecule has 0 bridgehead atoms. The van der Waals surface area contributed by atoms with Crippen LogP contribution in [0.15, 0.2) is 34.7 Å². The molecule has 0 aliphatic carbocycles. The second kappa shape index (κ2) is 12.2. The van der Waals surface area contributed by atoms with Gasteiger partial charge in [0.2, 0.25) is 17.7 Å². The number of aliphatic hydroxyl groups excluding tert-OH is 1. The Morgan fingerprint density at radius 1 is 1.18 bits per heavy atom. The zero-order valence-electron chi connectivity index (χ0n) is 22.8. The molecule has 0 radical (unpaired) electrons. The summed E-state index contributed by atoms with van der Waals surface area (Å²) < 4.78 is 8.01. The van der Waals surface area contributed by atoms with Crippen LogP contribution in [0.5, 0.6) is 0 Å². The van der Waals surface area contributed by atoms with Crippen molar-refractivity contribution in [1.29, 1.82) is 0 Å². The lowest BCUT2D eigenvalue weighted by atomic mass is 9.96. The topological polar surface area (TPSA) is 122 Å². The molecule has 1 fully saturated rings. The van der Waals surface area contributed by atoms with Crippen molar-refractivity contribution < 1.29 is 14.3 Å². The van der Waals surface area contributed by atoms with Crippen LogP contribution in [0.2, 0.25) is 0 Å². The van der Waals surface area contributed by atoms with E-state index in [1.165, 1.54) is 5.56 Å². The summed E-state index contributed by atoms with van der Waals surface area (Å²) in [7, 11) is 1.68. The monoisotopic (exact) mass is 553 g/mol. The molecule has 1 unspecified atom stereocenters. The quantitative estimate of drug-likeness (QED) is 0.341. The Morgan fingerprint density at radius 2 is 1.90 bits per heavy atom. The Hall–Kier alpha value is -3.34. The second-order valence-electron chi connectivity index (χ2n) is 10.00. The Morgan fingerprint density at radius 3 is 2.54 bits per heavy atom. The van der Waals surface area contributed by atoms with Gasteiger partial charge in [-0.1, -0.05) is 19.1 Å². The number of hydrogen-bond acceptors (Lipinski definition) is 8. The molecule has 4 aromatic rings. The van der Waals surface area contributed by atoms with Crippen LogP contribution < -0.4 is 5.32 Å². The molecule has 5 rings (SSSR count). The minimum absolute atomic E-state index is 0. The van der Waals surface area contributed by atoms with E-state index in [0.29, 0.717) is 24.9 Å². The average Bonchev–Trinajstić information content (AvgIpc) is 3.56. The van der Waals surface area contributed by atoms with Gasteiger partial charge in [-0.05, 0) is 63.9 Å². The predicted octanol–water partition coefficient (Wildman–Crippen LogP) is 3.26. The highest BCUT2D eigenvalue weighted by molar-refractivity contribution is 5.85. The van der Waals surface area contributed by atoms with Gasteiger partial charge in [-0.25, -0.2) is 9.50 Å². The third-order valence-corrected chi connectivity index (χ3v) is 7.42. The van der Waals surface area contributed by atoms with Crippen LogP contribution in [0.4, 0.5) is 0 Å². The van der Waals surface area contributed by atoms with Crippen molar-refractivity contribution in [3.8, 4) is 11.5 Å². The van der Waals surface area contributed by atoms with Gasteiger partial charge >= 0.3 is 0 Å². The largest absolute Gasteiger partial charge is 0.420 e. The molecule has 1 aliphatic heterocycles. The van der Waals surface area contributed by atoms with Gasteiger partial charge in [-0.3, -0.25) is 4.79 Å². The molecule has 39 heavy (non-hydrogen) atoms. The van der Waals surface area contributed by atoms with Gasteiger partial charge in [-0.2, -0.15) is 5.10 Å². The van der Waals surface area contributed by atoms with Gasteiger partial charge < -0.3 is 19.7 Å². The number of carbonyl (C=O) groups is 1. The Labute approximate surface area is 234 Å². The van der Waals surface area contributed by atoms with Crippen LogP contribution >= 0.6 is 12.4 Å². The number of likely N-dealkylation sites (tertiary alicyclic amines) is 1. The summed E-state index contributed by atoms with van der Waals surface area (Å²) in [5.74, 6) is 1.15. The van der Waals surface area contributed by atoms with Crippen LogP contribution in [-0.4, -0.2) is 73.5 Å². The standard InChI is InChI=1S/C28H35N7O3.ClH/c1-5-23-22(25-30-17(2)14-18(3)35(25)33-23)15-19-6-8-20(9-7-19)26-31-32-27(38-26)21-10-12-34(13-11-21)28(37)24(16-36)29-4;/h6-9,14,21,24,29,36H,5,10-13,15-16H2,1-4H3;1H. The van der Waals surface area contributed by atoms with E-state index in [-0.39, 0.29) is 30.8 Å². The summed E-state index contributed by atoms with van der Waals surface area (Å²) in [4.78, 5) is 19.1. The number of nitrogens with zero attached hydrogens (tertiary/aromatic N) is 6. The third-order valence-electron chi connectivity index (χ3n) is 7.42. The first kappa shape index (κ1) is 28.7. The van der Waals surface area contributed by atoms with Crippen molar-refractivity contribution in [3.63, 3.8) is 0 Å². The van der Waals surface area contributed by atoms with Crippen molar-refractivity contribution >= 4 is 24.0 Å². The molecule has 1 aromatic carbocycles. The smallest absolute Gasteiger partial charge is 0.247 e. The lowest BCUT2D eigenvalue weighted by molar-refractivity contribution is -0.135. The molecule has 11 heteroatoms. The summed E-state index contributed by atoms with van der Waals surface area (Å²) >= 11 is 0. The highest BCUT2D eigenvalue weighted by Gasteiger charge is 2.30. The van der Waals surface area contributed by atoms with Crippen molar-refractivity contribution in [2.24, 2.45) is 0 Å². The zero-order valence-corrected chi connectivity index (χ0v) is 23.7. The number of fused-ring (bicyclic) bond motifs is 1. The highest BCUT2D eigenvalue weighted by Crippen LogP contribution is 2.30. The van der Waals surface area contributed by atoms with E-state index in [0.717, 1.165) is 59.5 Å². The highest BCUT2D eigenvalue weighted by atomic mass is 35.5. The minimum Gasteiger partial charge on any atom is -0.420 e. The minimum atomic E-state index is -0.560. The summed E-state index contributed by atoms with van der Waals surface area (Å²) in [6.45, 7) is 7.19. The number of nitrogens with one attached hydrogen (secondary N) is 1. The third kappa shape index (κ3) is 5.83. The van der Waals surface area contributed by atoms with E-state index in [2.05, 4.69) is 47.6 Å². The predicted molar refractivity (Wildman–Crippen MR) is 150 cm³/mol. The maximum Gasteiger partial charge on any atom is 0.247 e. The fourth-order valence-electron chi connectivity index (χ4n) is 5.22. The van der Waals surface area contributed by atoms with E-state index >= 15 is 0 Å². The molecule has 1 saturated heterocycles. The number of benzene rings is 1. The van der Waals surface area contributed by atoms with Gasteiger partial charge in [-0.15, -0.1) is 22.6 Å². The van der Waals surface area contributed by atoms with E-state index in [4.69, 9.17) is 14.5 Å². The zero-order chi connectivity index (χ0) is 26.8. The number of aliphatic hydroxyl groups is 1. The summed E-state index contributed by atoms with van der Waals surface area (Å²) in [5, 5.41) is 25.7. The molecule has 1 atom stereocenters. The Bertz CT molecular complexity index is 1420. The maximum absolute atomic E-state index is 12.5. The number of likely N-dealkylation sites (N-methyl/N-ethyl adjacent to an activating group) is 1. The lowest BCUT2D eigenvalue weighted by Gasteiger charge is -2.32. The van der Waals surface area contributed by atoms with Crippen molar-refractivity contribution in [3.05, 3.63) is 64.4 Å². The molecule has 4 heterocycles. The van der Waals surface area contributed by atoms with E-state index in [1.54, 1.807) is 11.9 Å². The van der Waals surface area contributed by atoms with Crippen molar-refractivity contribution in [2.45, 2.75) is 58.4 Å². The number of rotatable bonds is 8. The number of amides is 1. The number of halogens is 1. The Kier molecular flexibility index (Phi) is 8.99. The number of aryl methyl sites for hydroxylation is 3. The molecule has 1 aliphatic rings. The van der Waals surface area contributed by atoms with Gasteiger partial charge in [0.25, 0.3) is 0 Å². The van der Waals surface area contributed by atoms with Crippen LogP contribution in [0.25, 0.3) is 17.1 Å². The molecule has 10 nitrogen and oxygen atoms in total. The number of aromatic nitrogens is 5. The Balaban J connectivity index is 0.00000353. The maximum atomic E-state index is 12.5. The molecule has 0 spiro atoms. The fraction of sp³-hybridized carbons (Fsp3) is 0.464. The van der Waals surface area contributed by atoms with E-state index in [9.17, 15) is 9.90 Å². The number of piperidine rings is 1. The summed E-state index contributed by atoms with van der Waals surface area (Å²) in [5.41, 5.74) is 7.28. The van der Waals surface area contributed by atoms with E-state index in [1.807, 2.05) is 23.6 Å². The van der Waals surface area contributed by atoms with Gasteiger partial charge in [0, 0.05) is 47.9 Å². The normalized spacial score (nSPS) is 14.9.